The Morgan fingerprint density at radius 3 is 2.67 bits per heavy atom. The Bertz CT molecular complexity index is 427. The van der Waals surface area contributed by atoms with Gasteiger partial charge in [-0.2, -0.15) is 0 Å². The van der Waals surface area contributed by atoms with Crippen LogP contribution in [0.2, 0.25) is 0 Å². The Hall–Kier alpha value is -1.85. The third-order valence-corrected chi connectivity index (χ3v) is 2.81. The number of aryl methyl sites for hydroxylation is 1. The lowest BCUT2D eigenvalue weighted by Gasteiger charge is -2.19. The number of amides is 1. The minimum Gasteiger partial charge on any atom is -0.480 e. The van der Waals surface area contributed by atoms with Crippen molar-refractivity contribution >= 4 is 11.9 Å². The van der Waals surface area contributed by atoms with Crippen molar-refractivity contribution in [2.45, 2.75) is 39.7 Å². The van der Waals surface area contributed by atoms with Crippen molar-refractivity contribution in [1.29, 1.82) is 0 Å². The minimum atomic E-state index is -1.02. The lowest BCUT2D eigenvalue weighted by atomic mass is 9.99. The molecule has 2 atom stereocenters. The van der Waals surface area contributed by atoms with E-state index in [0.29, 0.717) is 17.9 Å². The predicted octanol–water partition coefficient (Wildman–Crippen LogP) is 1.14. The fraction of sp³-hybridized carbons (Fsp3) is 0.583. The predicted molar refractivity (Wildman–Crippen MR) is 64.0 cm³/mol. The summed E-state index contributed by atoms with van der Waals surface area (Å²) in [4.78, 5) is 22.7. The molecule has 0 aliphatic carbocycles. The van der Waals surface area contributed by atoms with E-state index in [2.05, 4.69) is 10.5 Å². The van der Waals surface area contributed by atoms with E-state index in [1.807, 2.05) is 6.92 Å². The highest BCUT2D eigenvalue weighted by atomic mass is 16.5. The second-order valence-corrected chi connectivity index (χ2v) is 4.37. The number of aliphatic carboxylic acids is 1. The third-order valence-electron chi connectivity index (χ3n) is 2.81. The Morgan fingerprint density at radius 2 is 2.22 bits per heavy atom. The zero-order valence-corrected chi connectivity index (χ0v) is 10.8. The van der Waals surface area contributed by atoms with Crippen LogP contribution >= 0.6 is 0 Å². The normalized spacial score (nSPS) is 13.9. The van der Waals surface area contributed by atoms with Crippen LogP contribution in [-0.2, 0) is 16.0 Å². The standard InChI is InChI=1S/C12H18N2O4/c1-4-7(2)11(12(16)17)13-10(15)6-9-5-8(3)18-14-9/h5,7,11H,4,6H2,1-3H3,(H,13,15)(H,16,17). The molecule has 6 heteroatoms. The van der Waals surface area contributed by atoms with Crippen LogP contribution in [0.15, 0.2) is 10.6 Å². The molecule has 2 N–H and O–H groups in total. The second kappa shape index (κ2) is 6.18. The number of carbonyl (C=O) groups excluding carboxylic acids is 1. The van der Waals surface area contributed by atoms with E-state index in [4.69, 9.17) is 9.63 Å². The molecule has 1 heterocycles. The molecule has 0 aliphatic rings. The molecule has 0 fully saturated rings. The van der Waals surface area contributed by atoms with Gasteiger partial charge in [0.25, 0.3) is 0 Å². The zero-order chi connectivity index (χ0) is 13.7. The van der Waals surface area contributed by atoms with Gasteiger partial charge in [-0.25, -0.2) is 4.79 Å². The molecule has 0 saturated heterocycles. The van der Waals surface area contributed by atoms with Crippen LogP contribution in [0.5, 0.6) is 0 Å². The number of aromatic nitrogens is 1. The molecular formula is C12H18N2O4. The molecule has 1 aromatic heterocycles. The fourth-order valence-electron chi connectivity index (χ4n) is 1.57. The Labute approximate surface area is 105 Å². The average molecular weight is 254 g/mol. The van der Waals surface area contributed by atoms with Crippen LogP contribution < -0.4 is 5.32 Å². The largest absolute Gasteiger partial charge is 0.480 e. The summed E-state index contributed by atoms with van der Waals surface area (Å²) in [6.45, 7) is 5.40. The van der Waals surface area contributed by atoms with Crippen molar-refractivity contribution in [1.82, 2.24) is 10.5 Å². The molecule has 0 bridgehead atoms. The fourth-order valence-corrected chi connectivity index (χ4v) is 1.57. The highest BCUT2D eigenvalue weighted by molar-refractivity contribution is 5.84. The van der Waals surface area contributed by atoms with Crippen LogP contribution in [0, 0.1) is 12.8 Å². The lowest BCUT2D eigenvalue weighted by Crippen LogP contribution is -2.45. The first-order valence-corrected chi connectivity index (χ1v) is 5.88. The molecule has 1 aromatic rings. The summed E-state index contributed by atoms with van der Waals surface area (Å²) in [5, 5.41) is 15.2. The molecule has 18 heavy (non-hydrogen) atoms. The Balaban J connectivity index is 2.59. The number of rotatable bonds is 6. The highest BCUT2D eigenvalue weighted by Gasteiger charge is 2.25. The number of hydrogen-bond donors (Lipinski definition) is 2. The molecule has 100 valence electrons. The van der Waals surface area contributed by atoms with E-state index in [-0.39, 0.29) is 18.2 Å². The van der Waals surface area contributed by atoms with E-state index in [1.165, 1.54) is 0 Å². The second-order valence-electron chi connectivity index (χ2n) is 4.37. The number of nitrogens with one attached hydrogen (secondary N) is 1. The molecule has 1 amide bonds. The molecule has 0 saturated carbocycles. The van der Waals surface area contributed by atoms with Crippen molar-refractivity contribution in [3.63, 3.8) is 0 Å². The monoisotopic (exact) mass is 254 g/mol. The van der Waals surface area contributed by atoms with Crippen LogP contribution in [0.4, 0.5) is 0 Å². The molecule has 0 aromatic carbocycles. The van der Waals surface area contributed by atoms with Crippen LogP contribution in [0.1, 0.15) is 31.7 Å². The molecule has 0 radical (unpaired) electrons. The first kappa shape index (κ1) is 14.2. The first-order valence-electron chi connectivity index (χ1n) is 5.88. The molecule has 2 unspecified atom stereocenters. The van der Waals surface area contributed by atoms with Gasteiger partial charge in [-0.15, -0.1) is 0 Å². The number of nitrogens with zero attached hydrogens (tertiary/aromatic N) is 1. The van der Waals surface area contributed by atoms with Gasteiger partial charge in [0, 0.05) is 6.07 Å². The average Bonchev–Trinajstić information content (AvgIpc) is 2.70. The molecular weight excluding hydrogens is 236 g/mol. The summed E-state index contributed by atoms with van der Waals surface area (Å²) < 4.78 is 4.84. The summed E-state index contributed by atoms with van der Waals surface area (Å²) in [7, 11) is 0. The van der Waals surface area contributed by atoms with Gasteiger partial charge in [0.2, 0.25) is 5.91 Å². The molecule has 0 spiro atoms. The molecule has 1 rings (SSSR count). The Morgan fingerprint density at radius 1 is 1.56 bits per heavy atom. The summed E-state index contributed by atoms with van der Waals surface area (Å²) in [5.41, 5.74) is 0.498. The smallest absolute Gasteiger partial charge is 0.326 e. The maximum absolute atomic E-state index is 11.7. The van der Waals surface area contributed by atoms with Crippen molar-refractivity contribution < 1.29 is 19.2 Å². The molecule has 0 aliphatic heterocycles. The van der Waals surface area contributed by atoms with Crippen molar-refractivity contribution in [2.75, 3.05) is 0 Å². The van der Waals surface area contributed by atoms with E-state index < -0.39 is 12.0 Å². The van der Waals surface area contributed by atoms with E-state index in [9.17, 15) is 9.59 Å². The van der Waals surface area contributed by atoms with Gasteiger partial charge in [0.15, 0.2) is 0 Å². The highest BCUT2D eigenvalue weighted by Crippen LogP contribution is 2.09. The Kier molecular flexibility index (Phi) is 4.88. The molecule has 6 nitrogen and oxygen atoms in total. The number of carbonyl (C=O) groups is 2. The SMILES string of the molecule is CCC(C)C(NC(=O)Cc1cc(C)on1)C(=O)O. The number of hydrogen-bond acceptors (Lipinski definition) is 4. The zero-order valence-electron chi connectivity index (χ0n) is 10.8. The van der Waals surface area contributed by atoms with Gasteiger partial charge in [0.05, 0.1) is 12.1 Å². The summed E-state index contributed by atoms with van der Waals surface area (Å²) >= 11 is 0. The maximum atomic E-state index is 11.7. The first-order chi connectivity index (χ1) is 8.43. The van der Waals surface area contributed by atoms with Gasteiger partial charge in [0.1, 0.15) is 11.8 Å². The summed E-state index contributed by atoms with van der Waals surface area (Å²) in [5.74, 6) is -0.884. The van der Waals surface area contributed by atoms with Crippen LogP contribution in [0.3, 0.4) is 0 Å². The van der Waals surface area contributed by atoms with Gasteiger partial charge in [-0.3, -0.25) is 4.79 Å². The van der Waals surface area contributed by atoms with E-state index in [0.717, 1.165) is 0 Å². The number of carboxylic acids is 1. The van der Waals surface area contributed by atoms with Gasteiger partial charge in [-0.05, 0) is 12.8 Å². The quantitative estimate of drug-likeness (QED) is 0.794. The minimum absolute atomic E-state index is 0.0254. The number of carboxylic acid groups (broad SMARTS) is 1. The van der Waals surface area contributed by atoms with E-state index in [1.54, 1.807) is 19.9 Å². The van der Waals surface area contributed by atoms with Gasteiger partial charge < -0.3 is 14.9 Å². The van der Waals surface area contributed by atoms with Crippen molar-refractivity contribution in [2.24, 2.45) is 5.92 Å². The van der Waals surface area contributed by atoms with Gasteiger partial charge in [-0.1, -0.05) is 25.4 Å². The topological polar surface area (TPSA) is 92.4 Å². The summed E-state index contributed by atoms with van der Waals surface area (Å²) in [6, 6.07) is 0.786. The van der Waals surface area contributed by atoms with Crippen molar-refractivity contribution in [3.8, 4) is 0 Å². The summed E-state index contributed by atoms with van der Waals surface area (Å²) in [6.07, 6.45) is 0.706. The van der Waals surface area contributed by atoms with Crippen molar-refractivity contribution in [3.05, 3.63) is 17.5 Å². The third kappa shape index (κ3) is 3.87. The van der Waals surface area contributed by atoms with Crippen LogP contribution in [0.25, 0.3) is 0 Å². The van der Waals surface area contributed by atoms with Crippen LogP contribution in [-0.4, -0.2) is 28.2 Å². The van der Waals surface area contributed by atoms with Gasteiger partial charge >= 0.3 is 5.97 Å². The lowest BCUT2D eigenvalue weighted by molar-refractivity contribution is -0.143. The maximum Gasteiger partial charge on any atom is 0.326 e. The van der Waals surface area contributed by atoms with E-state index >= 15 is 0 Å².